The van der Waals surface area contributed by atoms with E-state index in [-0.39, 0.29) is 12.5 Å². The number of carboxylic acids is 1. The van der Waals surface area contributed by atoms with Crippen molar-refractivity contribution in [1.29, 1.82) is 0 Å². The summed E-state index contributed by atoms with van der Waals surface area (Å²) >= 11 is 0. The van der Waals surface area contributed by atoms with Gasteiger partial charge in [0.25, 0.3) is 5.91 Å². The molecule has 1 aromatic carbocycles. The fourth-order valence-electron chi connectivity index (χ4n) is 3.63. The van der Waals surface area contributed by atoms with E-state index in [1.807, 2.05) is 35.9 Å². The van der Waals surface area contributed by atoms with Crippen LogP contribution in [0.25, 0.3) is 5.69 Å². The highest BCUT2D eigenvalue weighted by Crippen LogP contribution is 2.45. The molecular formula is C20H23N3O3. The van der Waals surface area contributed by atoms with E-state index in [0.29, 0.717) is 18.5 Å². The van der Waals surface area contributed by atoms with Gasteiger partial charge in [-0.25, -0.2) is 4.68 Å². The van der Waals surface area contributed by atoms with Crippen molar-refractivity contribution in [2.24, 2.45) is 5.41 Å². The Hall–Kier alpha value is -2.63. The number of carbonyl (C=O) groups excluding carboxylic acids is 1. The lowest BCUT2D eigenvalue weighted by molar-refractivity contribution is -0.143. The van der Waals surface area contributed by atoms with Gasteiger partial charge >= 0.3 is 5.97 Å². The minimum absolute atomic E-state index is 0.174. The summed E-state index contributed by atoms with van der Waals surface area (Å²) in [5.74, 6) is -1.09. The predicted molar refractivity (Wildman–Crippen MR) is 96.6 cm³/mol. The molecule has 0 bridgehead atoms. The summed E-state index contributed by atoms with van der Waals surface area (Å²) in [4.78, 5) is 24.0. The SMILES string of the molecule is Cc1ccc(-n2nc(C(=O)NCC3(C(=O)O)CC3)c3c2CCCC3)cc1. The number of nitrogens with zero attached hydrogens (tertiary/aromatic N) is 2. The van der Waals surface area contributed by atoms with Crippen molar-refractivity contribution in [3.8, 4) is 5.69 Å². The number of aliphatic carboxylic acids is 1. The predicted octanol–water partition coefficient (Wildman–Crippen LogP) is 2.65. The number of benzene rings is 1. The van der Waals surface area contributed by atoms with Crippen LogP contribution < -0.4 is 5.32 Å². The minimum Gasteiger partial charge on any atom is -0.481 e. The first-order chi connectivity index (χ1) is 12.5. The highest BCUT2D eigenvalue weighted by Gasteiger charge is 2.50. The van der Waals surface area contributed by atoms with E-state index in [2.05, 4.69) is 10.4 Å². The Morgan fingerprint density at radius 2 is 1.88 bits per heavy atom. The minimum atomic E-state index is -0.829. The van der Waals surface area contributed by atoms with Crippen LogP contribution in [0.2, 0.25) is 0 Å². The number of hydrogen-bond acceptors (Lipinski definition) is 3. The average Bonchev–Trinajstić information content (AvgIpc) is 3.35. The number of carbonyl (C=O) groups is 2. The molecule has 0 spiro atoms. The molecule has 1 heterocycles. The fraction of sp³-hybridized carbons (Fsp3) is 0.450. The molecule has 0 saturated heterocycles. The molecule has 1 fully saturated rings. The number of aryl methyl sites for hydroxylation is 1. The van der Waals surface area contributed by atoms with E-state index in [4.69, 9.17) is 0 Å². The lowest BCUT2D eigenvalue weighted by Gasteiger charge is -2.14. The van der Waals surface area contributed by atoms with E-state index in [9.17, 15) is 14.7 Å². The molecule has 0 radical (unpaired) electrons. The molecule has 136 valence electrons. The third-order valence-electron chi connectivity index (χ3n) is 5.57. The largest absolute Gasteiger partial charge is 0.481 e. The van der Waals surface area contributed by atoms with Gasteiger partial charge in [0, 0.05) is 17.8 Å². The van der Waals surface area contributed by atoms with Crippen LogP contribution in [0.4, 0.5) is 0 Å². The smallest absolute Gasteiger partial charge is 0.311 e. The fourth-order valence-corrected chi connectivity index (χ4v) is 3.63. The Morgan fingerprint density at radius 3 is 2.54 bits per heavy atom. The molecule has 6 heteroatoms. The summed E-state index contributed by atoms with van der Waals surface area (Å²) in [5, 5.41) is 16.7. The van der Waals surface area contributed by atoms with Crippen LogP contribution in [0.5, 0.6) is 0 Å². The maximum absolute atomic E-state index is 12.7. The molecule has 2 aliphatic rings. The van der Waals surface area contributed by atoms with Crippen molar-refractivity contribution in [2.75, 3.05) is 6.54 Å². The summed E-state index contributed by atoms with van der Waals surface area (Å²) in [7, 11) is 0. The first kappa shape index (κ1) is 16.8. The van der Waals surface area contributed by atoms with E-state index >= 15 is 0 Å². The van der Waals surface area contributed by atoms with Gasteiger partial charge in [0.05, 0.1) is 11.1 Å². The van der Waals surface area contributed by atoms with Crippen molar-refractivity contribution in [1.82, 2.24) is 15.1 Å². The van der Waals surface area contributed by atoms with E-state index in [1.165, 1.54) is 5.56 Å². The summed E-state index contributed by atoms with van der Waals surface area (Å²) < 4.78 is 1.88. The molecule has 0 unspecified atom stereocenters. The molecular weight excluding hydrogens is 330 g/mol. The van der Waals surface area contributed by atoms with Crippen molar-refractivity contribution < 1.29 is 14.7 Å². The second-order valence-corrected chi connectivity index (χ2v) is 7.50. The Bertz CT molecular complexity index is 863. The zero-order valence-corrected chi connectivity index (χ0v) is 14.9. The maximum atomic E-state index is 12.7. The van der Waals surface area contributed by atoms with Crippen LogP contribution in [-0.2, 0) is 17.6 Å². The van der Waals surface area contributed by atoms with Crippen molar-refractivity contribution in [2.45, 2.75) is 45.4 Å². The molecule has 1 amide bonds. The number of hydrogen-bond donors (Lipinski definition) is 2. The van der Waals surface area contributed by atoms with Crippen LogP contribution >= 0.6 is 0 Å². The van der Waals surface area contributed by atoms with E-state index in [0.717, 1.165) is 42.6 Å². The Kier molecular flexibility index (Phi) is 4.05. The van der Waals surface area contributed by atoms with Crippen LogP contribution in [0.3, 0.4) is 0 Å². The number of nitrogens with one attached hydrogen (secondary N) is 1. The van der Waals surface area contributed by atoms with Gasteiger partial charge in [-0.3, -0.25) is 9.59 Å². The maximum Gasteiger partial charge on any atom is 0.311 e. The quantitative estimate of drug-likeness (QED) is 0.865. The molecule has 2 aromatic rings. The summed E-state index contributed by atoms with van der Waals surface area (Å²) in [5.41, 5.74) is 3.92. The van der Waals surface area contributed by atoms with Gasteiger partial charge in [0.2, 0.25) is 0 Å². The number of amides is 1. The van der Waals surface area contributed by atoms with Gasteiger partial charge in [0.1, 0.15) is 0 Å². The first-order valence-corrected chi connectivity index (χ1v) is 9.20. The standard InChI is InChI=1S/C20H23N3O3/c1-13-6-8-14(9-7-13)23-16-5-3-2-4-15(16)17(22-23)18(24)21-12-20(10-11-20)19(25)26/h6-9H,2-5,10-12H2,1H3,(H,21,24)(H,25,26). The summed E-state index contributed by atoms with van der Waals surface area (Å²) in [6.45, 7) is 2.21. The van der Waals surface area contributed by atoms with Crippen LogP contribution in [0.1, 0.15) is 53.0 Å². The average molecular weight is 353 g/mol. The van der Waals surface area contributed by atoms with Gasteiger partial charge in [-0.1, -0.05) is 17.7 Å². The van der Waals surface area contributed by atoms with Gasteiger partial charge in [-0.2, -0.15) is 5.10 Å². The number of fused-ring (bicyclic) bond motifs is 1. The third-order valence-corrected chi connectivity index (χ3v) is 5.57. The number of aromatic nitrogens is 2. The number of carboxylic acid groups (broad SMARTS) is 1. The van der Waals surface area contributed by atoms with Crippen molar-refractivity contribution >= 4 is 11.9 Å². The monoisotopic (exact) mass is 353 g/mol. The van der Waals surface area contributed by atoms with Gasteiger partial charge in [0.15, 0.2) is 5.69 Å². The first-order valence-electron chi connectivity index (χ1n) is 9.20. The Labute approximate surface area is 152 Å². The van der Waals surface area contributed by atoms with Gasteiger partial charge < -0.3 is 10.4 Å². The third kappa shape index (κ3) is 2.89. The topological polar surface area (TPSA) is 84.2 Å². The van der Waals surface area contributed by atoms with Crippen molar-refractivity contribution in [3.05, 3.63) is 46.8 Å². The highest BCUT2D eigenvalue weighted by atomic mass is 16.4. The summed E-state index contributed by atoms with van der Waals surface area (Å²) in [6.07, 6.45) is 5.13. The Balaban J connectivity index is 1.63. The molecule has 1 aromatic heterocycles. The second-order valence-electron chi connectivity index (χ2n) is 7.50. The van der Waals surface area contributed by atoms with Crippen LogP contribution in [-0.4, -0.2) is 33.3 Å². The normalized spacial score (nSPS) is 17.4. The molecule has 6 nitrogen and oxygen atoms in total. The van der Waals surface area contributed by atoms with Crippen LogP contribution in [0, 0.1) is 12.3 Å². The molecule has 2 N–H and O–H groups in total. The Morgan fingerprint density at radius 1 is 1.19 bits per heavy atom. The molecule has 26 heavy (non-hydrogen) atoms. The number of rotatable bonds is 5. The molecule has 2 aliphatic carbocycles. The molecule has 1 saturated carbocycles. The lowest BCUT2D eigenvalue weighted by atomic mass is 9.95. The zero-order valence-electron chi connectivity index (χ0n) is 14.9. The van der Waals surface area contributed by atoms with Gasteiger partial charge in [-0.05, 0) is 57.6 Å². The van der Waals surface area contributed by atoms with E-state index < -0.39 is 11.4 Å². The summed E-state index contributed by atoms with van der Waals surface area (Å²) in [6, 6.07) is 8.11. The van der Waals surface area contributed by atoms with Crippen LogP contribution in [0.15, 0.2) is 24.3 Å². The molecule has 0 atom stereocenters. The second kappa shape index (κ2) is 6.27. The van der Waals surface area contributed by atoms with Crippen molar-refractivity contribution in [3.63, 3.8) is 0 Å². The molecule has 0 aliphatic heterocycles. The zero-order chi connectivity index (χ0) is 18.3. The van der Waals surface area contributed by atoms with Gasteiger partial charge in [-0.15, -0.1) is 0 Å². The molecule has 4 rings (SSSR count). The lowest BCUT2D eigenvalue weighted by Crippen LogP contribution is -2.34. The van der Waals surface area contributed by atoms with E-state index in [1.54, 1.807) is 0 Å². The highest BCUT2D eigenvalue weighted by molar-refractivity contribution is 5.94.